The summed E-state index contributed by atoms with van der Waals surface area (Å²) in [5.74, 6) is 1.18. The number of nitrogen functional groups attached to an aromatic ring is 4. The molecule has 0 saturated carbocycles. The highest BCUT2D eigenvalue weighted by Gasteiger charge is 2.10. The van der Waals surface area contributed by atoms with Crippen LogP contribution in [0.15, 0.2) is 24.3 Å². The van der Waals surface area contributed by atoms with E-state index in [0.29, 0.717) is 47.5 Å². The Hall–Kier alpha value is -2.76. The Kier molecular flexibility index (Phi) is 16.9. The lowest BCUT2D eigenvalue weighted by atomic mass is 10.0. The highest BCUT2D eigenvalue weighted by molar-refractivity contribution is 5.69. The average molecular weight is 555 g/mol. The number of anilines is 4. The lowest BCUT2D eigenvalue weighted by Gasteiger charge is -2.15. The van der Waals surface area contributed by atoms with Crippen molar-refractivity contribution >= 4 is 22.7 Å². The van der Waals surface area contributed by atoms with Gasteiger partial charge in [-0.05, 0) is 73.9 Å². The molecular formula is C34H58N4O2. The summed E-state index contributed by atoms with van der Waals surface area (Å²) in [6.45, 7) is 5.55. The van der Waals surface area contributed by atoms with Crippen LogP contribution >= 0.6 is 0 Å². The van der Waals surface area contributed by atoms with E-state index in [9.17, 15) is 0 Å². The van der Waals surface area contributed by atoms with Crippen LogP contribution in [0.25, 0.3) is 0 Å². The SMILES string of the molecule is CCCCCCCCCc1cc(N)c(OCCCCOc2c(N)cc(CCCCCCCCC)cc2N)c(N)c1. The van der Waals surface area contributed by atoms with Gasteiger partial charge >= 0.3 is 0 Å². The van der Waals surface area contributed by atoms with Crippen LogP contribution in [0.1, 0.15) is 128 Å². The van der Waals surface area contributed by atoms with Crippen molar-refractivity contribution in [3.8, 4) is 11.5 Å². The molecule has 2 aromatic rings. The van der Waals surface area contributed by atoms with Gasteiger partial charge < -0.3 is 32.4 Å². The summed E-state index contributed by atoms with van der Waals surface area (Å²) in [5.41, 5.74) is 29.9. The van der Waals surface area contributed by atoms with Crippen LogP contribution < -0.4 is 32.4 Å². The molecule has 0 radical (unpaired) electrons. The zero-order valence-electron chi connectivity index (χ0n) is 25.6. The highest BCUT2D eigenvalue weighted by Crippen LogP contribution is 2.33. The maximum Gasteiger partial charge on any atom is 0.165 e. The molecule has 2 aromatic carbocycles. The Bertz CT molecular complexity index is 839. The van der Waals surface area contributed by atoms with E-state index in [1.54, 1.807) is 0 Å². The van der Waals surface area contributed by atoms with Gasteiger partial charge in [0.05, 0.1) is 36.0 Å². The Morgan fingerprint density at radius 2 is 0.725 bits per heavy atom. The van der Waals surface area contributed by atoms with Crippen molar-refractivity contribution in [2.45, 2.75) is 129 Å². The Morgan fingerprint density at radius 3 is 1.05 bits per heavy atom. The number of hydrogen-bond donors (Lipinski definition) is 4. The van der Waals surface area contributed by atoms with Crippen LogP contribution in [0.2, 0.25) is 0 Å². The largest absolute Gasteiger partial charge is 0.489 e. The maximum atomic E-state index is 6.28. The van der Waals surface area contributed by atoms with Crippen molar-refractivity contribution in [3.05, 3.63) is 35.4 Å². The van der Waals surface area contributed by atoms with Crippen molar-refractivity contribution in [2.24, 2.45) is 0 Å². The number of rotatable bonds is 23. The topological polar surface area (TPSA) is 123 Å². The van der Waals surface area contributed by atoms with Crippen LogP contribution in [-0.4, -0.2) is 13.2 Å². The van der Waals surface area contributed by atoms with Crippen molar-refractivity contribution in [2.75, 3.05) is 36.1 Å². The number of aryl methyl sites for hydroxylation is 2. The van der Waals surface area contributed by atoms with Gasteiger partial charge in [0.15, 0.2) is 11.5 Å². The lowest BCUT2D eigenvalue weighted by molar-refractivity contribution is 0.269. The molecule has 40 heavy (non-hydrogen) atoms. The van der Waals surface area contributed by atoms with E-state index in [-0.39, 0.29) is 0 Å². The molecule has 0 aromatic heterocycles. The van der Waals surface area contributed by atoms with Crippen molar-refractivity contribution in [1.29, 1.82) is 0 Å². The second-order valence-electron chi connectivity index (χ2n) is 11.4. The molecule has 0 fully saturated rings. The Labute approximate surface area is 244 Å². The molecule has 0 bridgehead atoms. The minimum Gasteiger partial charge on any atom is -0.489 e. The Balaban J connectivity index is 1.65. The fourth-order valence-corrected chi connectivity index (χ4v) is 5.22. The zero-order valence-corrected chi connectivity index (χ0v) is 25.6. The van der Waals surface area contributed by atoms with Gasteiger partial charge in [-0.15, -0.1) is 0 Å². The predicted octanol–water partition coefficient (Wildman–Crippen LogP) is 8.84. The second kappa shape index (κ2) is 20.2. The fraction of sp³-hybridized carbons (Fsp3) is 0.647. The smallest absolute Gasteiger partial charge is 0.165 e. The molecular weight excluding hydrogens is 496 g/mol. The maximum absolute atomic E-state index is 6.28. The normalized spacial score (nSPS) is 11.2. The lowest BCUT2D eigenvalue weighted by Crippen LogP contribution is -2.08. The van der Waals surface area contributed by atoms with Gasteiger partial charge in [0.2, 0.25) is 0 Å². The van der Waals surface area contributed by atoms with Gasteiger partial charge in [-0.3, -0.25) is 0 Å². The van der Waals surface area contributed by atoms with E-state index in [1.807, 2.05) is 24.3 Å². The third-order valence-electron chi connectivity index (χ3n) is 7.58. The minimum atomic E-state index is 0.525. The number of nitrogens with two attached hydrogens (primary N) is 4. The molecule has 2 rings (SSSR count). The van der Waals surface area contributed by atoms with Gasteiger partial charge in [0.25, 0.3) is 0 Å². The molecule has 0 aliphatic carbocycles. The van der Waals surface area contributed by atoms with Crippen molar-refractivity contribution < 1.29 is 9.47 Å². The summed E-state index contributed by atoms with van der Waals surface area (Å²) in [4.78, 5) is 0. The molecule has 8 N–H and O–H groups in total. The van der Waals surface area contributed by atoms with E-state index >= 15 is 0 Å². The van der Waals surface area contributed by atoms with E-state index in [0.717, 1.165) is 25.7 Å². The predicted molar refractivity (Wildman–Crippen MR) is 174 cm³/mol. The summed E-state index contributed by atoms with van der Waals surface area (Å²) in [6, 6.07) is 8.03. The van der Waals surface area contributed by atoms with Crippen molar-refractivity contribution in [3.63, 3.8) is 0 Å². The standard InChI is InChI=1S/C34H58N4O2/c1-3-5-7-9-11-13-15-19-27-23-29(35)33(30(36)24-27)39-21-17-18-22-40-34-31(37)25-28(26-32(34)38)20-16-14-12-10-8-6-4-2/h23-26H,3-22,35-38H2,1-2H3. The summed E-state index contributed by atoms with van der Waals surface area (Å²) in [5, 5.41) is 0. The van der Waals surface area contributed by atoms with Crippen LogP contribution in [0.3, 0.4) is 0 Å². The minimum absolute atomic E-state index is 0.525. The molecule has 0 heterocycles. The van der Waals surface area contributed by atoms with E-state index < -0.39 is 0 Å². The van der Waals surface area contributed by atoms with Crippen LogP contribution in [0.4, 0.5) is 22.7 Å². The molecule has 0 saturated heterocycles. The van der Waals surface area contributed by atoms with Gasteiger partial charge in [-0.25, -0.2) is 0 Å². The Morgan fingerprint density at radius 1 is 0.425 bits per heavy atom. The summed E-state index contributed by atoms with van der Waals surface area (Å²) >= 11 is 0. The average Bonchev–Trinajstić information content (AvgIpc) is 2.92. The first-order valence-corrected chi connectivity index (χ1v) is 16.1. The quantitative estimate of drug-likeness (QED) is 0.0803. The van der Waals surface area contributed by atoms with Gasteiger partial charge in [-0.2, -0.15) is 0 Å². The third kappa shape index (κ3) is 13.1. The molecule has 6 nitrogen and oxygen atoms in total. The van der Waals surface area contributed by atoms with Crippen LogP contribution in [0, 0.1) is 0 Å². The first-order chi connectivity index (χ1) is 19.5. The molecule has 0 aliphatic heterocycles. The second-order valence-corrected chi connectivity index (χ2v) is 11.4. The molecule has 0 unspecified atom stereocenters. The number of unbranched alkanes of at least 4 members (excludes halogenated alkanes) is 13. The zero-order chi connectivity index (χ0) is 29.0. The van der Waals surface area contributed by atoms with Gasteiger partial charge in [-0.1, -0.05) is 90.9 Å². The van der Waals surface area contributed by atoms with Gasteiger partial charge in [0, 0.05) is 0 Å². The molecule has 0 atom stereocenters. The first kappa shape index (κ1) is 33.4. The molecule has 0 aliphatic rings. The molecule has 6 heteroatoms. The number of hydrogen-bond acceptors (Lipinski definition) is 6. The fourth-order valence-electron chi connectivity index (χ4n) is 5.22. The first-order valence-electron chi connectivity index (χ1n) is 16.1. The number of ether oxygens (including phenoxy) is 2. The van der Waals surface area contributed by atoms with Crippen molar-refractivity contribution in [1.82, 2.24) is 0 Å². The molecule has 0 amide bonds. The van der Waals surface area contributed by atoms with E-state index in [2.05, 4.69) is 13.8 Å². The summed E-state index contributed by atoms with van der Waals surface area (Å²) in [6.07, 6.45) is 21.7. The van der Waals surface area contributed by atoms with Gasteiger partial charge in [0.1, 0.15) is 0 Å². The summed E-state index contributed by atoms with van der Waals surface area (Å²) in [7, 11) is 0. The van der Waals surface area contributed by atoms with E-state index in [4.69, 9.17) is 32.4 Å². The molecule has 0 spiro atoms. The molecule has 226 valence electrons. The summed E-state index contributed by atoms with van der Waals surface area (Å²) < 4.78 is 11.9. The highest BCUT2D eigenvalue weighted by atomic mass is 16.5. The van der Waals surface area contributed by atoms with Crippen LogP contribution in [0.5, 0.6) is 11.5 Å². The number of benzene rings is 2. The third-order valence-corrected chi connectivity index (χ3v) is 7.58. The van der Waals surface area contributed by atoms with E-state index in [1.165, 1.54) is 101 Å². The monoisotopic (exact) mass is 554 g/mol. The van der Waals surface area contributed by atoms with Crippen LogP contribution in [-0.2, 0) is 12.8 Å².